The topological polar surface area (TPSA) is 95.9 Å². The number of amides is 1. The van der Waals surface area contributed by atoms with Gasteiger partial charge in [0.1, 0.15) is 0 Å². The first kappa shape index (κ1) is 66.8. The van der Waals surface area contributed by atoms with Crippen LogP contribution in [0.2, 0.25) is 0 Å². The lowest BCUT2D eigenvalue weighted by atomic mass is 10.0. The van der Waals surface area contributed by atoms with Crippen molar-refractivity contribution < 1.29 is 24.5 Å². The standard InChI is InChI=1S/C63H117NO5/c1-3-5-7-9-11-13-15-17-19-20-22-25-28-31-35-39-43-47-51-55-61(66)60(59-65)64-62(67)56-52-48-44-40-36-32-29-26-23-21-24-27-30-34-38-42-46-50-54-58-69-63(68)57-53-49-45-41-37-33-18-16-14-12-10-8-6-4-2/h16,18,27,30,34,38,51,55,60-61,65-66H,3-15,17,19-26,28-29,31-33,35-37,39-50,52-54,56-59H2,1-2H3,(H,64,67)/b18-16-,30-27-,38-34-,55-51+. The smallest absolute Gasteiger partial charge is 0.305 e. The predicted octanol–water partition coefficient (Wildman–Crippen LogP) is 19.0. The van der Waals surface area contributed by atoms with Gasteiger partial charge in [0.2, 0.25) is 5.91 Å². The van der Waals surface area contributed by atoms with Crippen molar-refractivity contribution in [1.29, 1.82) is 0 Å². The van der Waals surface area contributed by atoms with E-state index in [4.69, 9.17) is 4.74 Å². The zero-order valence-corrected chi connectivity index (χ0v) is 46.0. The van der Waals surface area contributed by atoms with Gasteiger partial charge in [-0.15, -0.1) is 0 Å². The molecule has 1 amide bonds. The van der Waals surface area contributed by atoms with Crippen LogP contribution in [0.15, 0.2) is 48.6 Å². The molecule has 0 radical (unpaired) electrons. The Kier molecular flexibility index (Phi) is 56.5. The fraction of sp³-hybridized carbons (Fsp3) is 0.841. The summed E-state index contributed by atoms with van der Waals surface area (Å²) in [7, 11) is 0. The summed E-state index contributed by atoms with van der Waals surface area (Å²) in [6, 6.07) is -0.637. The summed E-state index contributed by atoms with van der Waals surface area (Å²) in [5, 5.41) is 23.2. The maximum Gasteiger partial charge on any atom is 0.305 e. The minimum absolute atomic E-state index is 0.0229. The second kappa shape index (κ2) is 58.4. The van der Waals surface area contributed by atoms with Crippen LogP contribution in [0, 0.1) is 0 Å². The number of allylic oxidation sites excluding steroid dienone is 7. The molecule has 6 nitrogen and oxygen atoms in total. The summed E-state index contributed by atoms with van der Waals surface area (Å²) in [6.45, 7) is 4.86. The Balaban J connectivity index is 3.52. The highest BCUT2D eigenvalue weighted by Gasteiger charge is 2.18. The van der Waals surface area contributed by atoms with E-state index in [1.807, 2.05) is 6.08 Å². The fourth-order valence-electron chi connectivity index (χ4n) is 9.15. The first-order valence-electron chi connectivity index (χ1n) is 30.4. The van der Waals surface area contributed by atoms with Crippen LogP contribution in [0.4, 0.5) is 0 Å². The number of aliphatic hydroxyl groups excluding tert-OH is 2. The molecule has 0 aromatic carbocycles. The lowest BCUT2D eigenvalue weighted by molar-refractivity contribution is -0.143. The van der Waals surface area contributed by atoms with Crippen LogP contribution >= 0.6 is 0 Å². The number of hydrogen-bond acceptors (Lipinski definition) is 5. The molecular weight excluding hydrogens is 851 g/mol. The number of hydrogen-bond donors (Lipinski definition) is 3. The molecule has 0 aromatic rings. The zero-order valence-electron chi connectivity index (χ0n) is 46.0. The summed E-state index contributed by atoms with van der Waals surface area (Å²) in [5.41, 5.74) is 0. The molecule has 0 bridgehead atoms. The highest BCUT2D eigenvalue weighted by molar-refractivity contribution is 5.76. The van der Waals surface area contributed by atoms with Crippen LogP contribution in [0.3, 0.4) is 0 Å². The van der Waals surface area contributed by atoms with E-state index < -0.39 is 12.1 Å². The van der Waals surface area contributed by atoms with Gasteiger partial charge in [0.25, 0.3) is 0 Å². The Morgan fingerprint density at radius 2 is 0.725 bits per heavy atom. The van der Waals surface area contributed by atoms with Gasteiger partial charge in [-0.1, -0.05) is 262 Å². The molecule has 69 heavy (non-hydrogen) atoms. The van der Waals surface area contributed by atoms with Crippen LogP contribution in [0.25, 0.3) is 0 Å². The molecule has 0 aromatic heterocycles. The van der Waals surface area contributed by atoms with Crippen LogP contribution in [-0.4, -0.2) is 47.4 Å². The predicted molar refractivity (Wildman–Crippen MR) is 301 cm³/mol. The number of carbonyl (C=O) groups is 2. The average Bonchev–Trinajstić information content (AvgIpc) is 3.35. The van der Waals surface area contributed by atoms with E-state index in [0.29, 0.717) is 19.4 Å². The molecule has 2 unspecified atom stereocenters. The first-order valence-corrected chi connectivity index (χ1v) is 30.4. The Hall–Kier alpha value is -2.18. The SMILES string of the molecule is CCCCCCC/C=C\CCCCCCCC(=O)OCCCCC/C=C\C=C/CCCCCCCCCCCCC(=O)NC(CO)C(O)/C=C/CCCCCCCCCCCCCCCCCCC. The number of ether oxygens (including phenoxy) is 1. The molecule has 0 saturated carbocycles. The van der Waals surface area contributed by atoms with E-state index in [0.717, 1.165) is 77.0 Å². The third kappa shape index (κ3) is 55.0. The zero-order chi connectivity index (χ0) is 50.0. The van der Waals surface area contributed by atoms with Crippen molar-refractivity contribution in [1.82, 2.24) is 5.32 Å². The van der Waals surface area contributed by atoms with Gasteiger partial charge in [0.05, 0.1) is 25.4 Å². The lowest BCUT2D eigenvalue weighted by Crippen LogP contribution is -2.45. The van der Waals surface area contributed by atoms with Gasteiger partial charge in [-0.2, -0.15) is 0 Å². The average molecular weight is 969 g/mol. The van der Waals surface area contributed by atoms with Crippen molar-refractivity contribution in [2.24, 2.45) is 0 Å². The summed E-state index contributed by atoms with van der Waals surface area (Å²) in [5.74, 6) is -0.0996. The first-order chi connectivity index (χ1) is 34.0. The maximum atomic E-state index is 12.5. The second-order valence-corrected chi connectivity index (χ2v) is 20.7. The van der Waals surface area contributed by atoms with Gasteiger partial charge >= 0.3 is 5.97 Å². The third-order valence-electron chi connectivity index (χ3n) is 13.8. The highest BCUT2D eigenvalue weighted by Crippen LogP contribution is 2.16. The van der Waals surface area contributed by atoms with Crippen LogP contribution in [-0.2, 0) is 14.3 Å². The number of rotatable bonds is 56. The molecule has 0 rings (SSSR count). The largest absolute Gasteiger partial charge is 0.466 e. The van der Waals surface area contributed by atoms with Gasteiger partial charge in [0.15, 0.2) is 0 Å². The molecule has 0 aliphatic carbocycles. The summed E-state index contributed by atoms with van der Waals surface area (Å²) < 4.78 is 5.45. The highest BCUT2D eigenvalue weighted by atomic mass is 16.5. The van der Waals surface area contributed by atoms with Crippen molar-refractivity contribution in [3.63, 3.8) is 0 Å². The number of aliphatic hydroxyl groups is 2. The van der Waals surface area contributed by atoms with E-state index in [-0.39, 0.29) is 18.5 Å². The van der Waals surface area contributed by atoms with Gasteiger partial charge in [0, 0.05) is 12.8 Å². The number of nitrogens with one attached hydrogen (secondary N) is 1. The Bertz CT molecular complexity index is 1160. The van der Waals surface area contributed by atoms with Gasteiger partial charge in [-0.25, -0.2) is 0 Å². The lowest BCUT2D eigenvalue weighted by Gasteiger charge is -2.20. The fourth-order valence-corrected chi connectivity index (χ4v) is 9.15. The molecule has 2 atom stereocenters. The van der Waals surface area contributed by atoms with Gasteiger partial charge in [-0.05, 0) is 89.9 Å². The summed E-state index contributed by atoms with van der Waals surface area (Å²) in [6.07, 6.45) is 74.3. The van der Waals surface area contributed by atoms with E-state index in [9.17, 15) is 19.8 Å². The number of unbranched alkanes of at least 4 members (excludes halogenated alkanes) is 40. The molecular formula is C63H117NO5. The van der Waals surface area contributed by atoms with E-state index in [2.05, 4.69) is 55.6 Å². The molecule has 6 heteroatoms. The molecule has 0 heterocycles. The third-order valence-corrected chi connectivity index (χ3v) is 13.8. The van der Waals surface area contributed by atoms with Crippen molar-refractivity contribution >= 4 is 11.9 Å². The number of esters is 1. The van der Waals surface area contributed by atoms with Crippen molar-refractivity contribution in [2.45, 2.75) is 328 Å². The summed E-state index contributed by atoms with van der Waals surface area (Å²) in [4.78, 5) is 24.5. The van der Waals surface area contributed by atoms with Crippen LogP contribution < -0.4 is 5.32 Å². The van der Waals surface area contributed by atoms with Crippen molar-refractivity contribution in [2.75, 3.05) is 13.2 Å². The van der Waals surface area contributed by atoms with E-state index >= 15 is 0 Å². The molecule has 3 N–H and O–H groups in total. The molecule has 404 valence electrons. The van der Waals surface area contributed by atoms with E-state index in [1.54, 1.807) is 6.08 Å². The molecule has 0 aliphatic heterocycles. The maximum absolute atomic E-state index is 12.5. The Morgan fingerprint density at radius 3 is 1.12 bits per heavy atom. The van der Waals surface area contributed by atoms with Crippen LogP contribution in [0.5, 0.6) is 0 Å². The van der Waals surface area contributed by atoms with Gasteiger partial charge in [-0.3, -0.25) is 9.59 Å². The summed E-state index contributed by atoms with van der Waals surface area (Å²) >= 11 is 0. The van der Waals surface area contributed by atoms with Crippen molar-refractivity contribution in [3.8, 4) is 0 Å². The minimum Gasteiger partial charge on any atom is -0.466 e. The Labute approximate surface area is 429 Å². The molecule has 0 fully saturated rings. The van der Waals surface area contributed by atoms with Gasteiger partial charge < -0.3 is 20.3 Å². The molecule has 0 spiro atoms. The monoisotopic (exact) mass is 968 g/mol. The Morgan fingerprint density at radius 1 is 0.406 bits per heavy atom. The number of carbonyl (C=O) groups excluding carboxylic acids is 2. The molecule has 0 saturated heterocycles. The second-order valence-electron chi connectivity index (χ2n) is 20.7. The minimum atomic E-state index is -0.853. The van der Waals surface area contributed by atoms with Crippen LogP contribution in [0.1, 0.15) is 316 Å². The van der Waals surface area contributed by atoms with E-state index in [1.165, 1.54) is 212 Å². The molecule has 0 aliphatic rings. The normalized spacial score (nSPS) is 12.9. The quantitative estimate of drug-likeness (QED) is 0.0244. The van der Waals surface area contributed by atoms with Crippen molar-refractivity contribution in [3.05, 3.63) is 48.6 Å².